The number of unbranched alkanes of at least 4 members (excludes halogenated alkanes) is 2. The van der Waals surface area contributed by atoms with Crippen molar-refractivity contribution < 1.29 is 43.6 Å². The molecule has 9 nitrogen and oxygen atoms in total. The van der Waals surface area contributed by atoms with Gasteiger partial charge in [0, 0.05) is 31.3 Å². The smallest absolute Gasteiger partial charge is 0.331 e. The average molecular weight is 575 g/mol. The summed E-state index contributed by atoms with van der Waals surface area (Å²) in [6.07, 6.45) is 9.58. The van der Waals surface area contributed by atoms with Gasteiger partial charge in [-0.15, -0.1) is 0 Å². The van der Waals surface area contributed by atoms with Crippen LogP contribution in [-0.4, -0.2) is 58.5 Å². The number of carbonyl (C=O) groups is 4. The highest BCUT2D eigenvalue weighted by Crippen LogP contribution is 2.70. The summed E-state index contributed by atoms with van der Waals surface area (Å²) in [7, 11) is 0. The van der Waals surface area contributed by atoms with Gasteiger partial charge < -0.3 is 24.4 Å². The fourth-order valence-corrected chi connectivity index (χ4v) is 9.77. The molecule has 9 atom stereocenters. The molecule has 0 bridgehead atoms. The quantitative estimate of drug-likeness (QED) is 0.227. The van der Waals surface area contributed by atoms with Crippen LogP contribution in [-0.2, 0) is 33.4 Å². The molecule has 0 aromatic heterocycles. The van der Waals surface area contributed by atoms with E-state index in [1.54, 1.807) is 6.08 Å². The van der Waals surface area contributed by atoms with Gasteiger partial charge in [-0.2, -0.15) is 0 Å². The molecule has 41 heavy (non-hydrogen) atoms. The zero-order chi connectivity index (χ0) is 29.6. The third-order valence-electron chi connectivity index (χ3n) is 11.9. The first kappa shape index (κ1) is 30.1. The van der Waals surface area contributed by atoms with E-state index in [0.717, 1.165) is 44.1 Å². The van der Waals surface area contributed by atoms with Crippen LogP contribution >= 0.6 is 0 Å². The topological polar surface area (TPSA) is 136 Å². The van der Waals surface area contributed by atoms with Crippen molar-refractivity contribution in [2.45, 2.75) is 122 Å². The minimum Gasteiger partial charge on any atom is -0.481 e. The van der Waals surface area contributed by atoms with Gasteiger partial charge in [-0.3, -0.25) is 14.4 Å². The fourth-order valence-electron chi connectivity index (χ4n) is 9.77. The first-order valence-corrected chi connectivity index (χ1v) is 15.6. The van der Waals surface area contributed by atoms with Gasteiger partial charge in [0.25, 0.3) is 0 Å². The molecule has 0 aromatic rings. The number of aliphatic hydroxyl groups is 1. The predicted molar refractivity (Wildman–Crippen MR) is 147 cm³/mol. The largest absolute Gasteiger partial charge is 0.481 e. The Morgan fingerprint density at radius 3 is 2.41 bits per heavy atom. The molecule has 5 aliphatic rings. The average Bonchev–Trinajstić information content (AvgIpc) is 3.44. The summed E-state index contributed by atoms with van der Waals surface area (Å²) in [6, 6.07) is 0. The maximum absolute atomic E-state index is 12.6. The number of aliphatic carboxylic acids is 1. The summed E-state index contributed by atoms with van der Waals surface area (Å²) >= 11 is 0. The standard InChI is InChI=1S/C32H46O9/c1-19(33)40-26-17-25-24(32(38)14-12-23(31(26,32)3)20-15-29(37)39-18-20)10-9-21-16-22(11-13-30(21,25)2)41-28(36)8-6-4-5-7-27(34)35/h15,21-26,38H,4-14,16-18H2,1-3H3,(H,34,35)/t21-,22+,23-,24-,25+,26-,30+,31+,32+/m1/s1. The van der Waals surface area contributed by atoms with Crippen LogP contribution in [0.15, 0.2) is 11.6 Å². The number of cyclic esters (lactones) is 1. The Kier molecular flexibility index (Phi) is 8.31. The molecule has 228 valence electrons. The van der Waals surface area contributed by atoms with Crippen LogP contribution in [0.25, 0.3) is 0 Å². The summed E-state index contributed by atoms with van der Waals surface area (Å²) in [5.41, 5.74) is -0.902. The maximum Gasteiger partial charge on any atom is 0.331 e. The molecule has 4 aliphatic carbocycles. The number of hydrogen-bond acceptors (Lipinski definition) is 8. The molecule has 0 aromatic carbocycles. The second kappa shape index (κ2) is 11.3. The van der Waals surface area contributed by atoms with E-state index in [-0.39, 0.29) is 60.2 Å². The van der Waals surface area contributed by atoms with Crippen LogP contribution in [0.5, 0.6) is 0 Å². The molecule has 1 heterocycles. The molecule has 0 unspecified atom stereocenters. The number of fused-ring (bicyclic) bond motifs is 5. The van der Waals surface area contributed by atoms with Crippen molar-refractivity contribution >= 4 is 23.9 Å². The molecule has 1 aliphatic heterocycles. The Morgan fingerprint density at radius 2 is 1.73 bits per heavy atom. The maximum atomic E-state index is 12.6. The Labute approximate surface area is 242 Å². The molecular weight excluding hydrogens is 528 g/mol. The molecule has 9 heteroatoms. The van der Waals surface area contributed by atoms with Crippen molar-refractivity contribution in [1.29, 1.82) is 0 Å². The summed E-state index contributed by atoms with van der Waals surface area (Å²) in [4.78, 5) is 47.5. The van der Waals surface area contributed by atoms with Crippen LogP contribution in [0.2, 0.25) is 0 Å². The van der Waals surface area contributed by atoms with E-state index in [1.807, 2.05) is 0 Å². The predicted octanol–water partition coefficient (Wildman–Crippen LogP) is 4.73. The van der Waals surface area contributed by atoms with Crippen LogP contribution < -0.4 is 0 Å². The van der Waals surface area contributed by atoms with Crippen molar-refractivity contribution in [1.82, 2.24) is 0 Å². The number of rotatable bonds is 9. The number of carboxylic acids is 1. The second-order valence-electron chi connectivity index (χ2n) is 13.8. The van der Waals surface area contributed by atoms with Crippen LogP contribution in [0.1, 0.15) is 104 Å². The number of carbonyl (C=O) groups excluding carboxylic acids is 3. The Morgan fingerprint density at radius 1 is 0.976 bits per heavy atom. The van der Waals surface area contributed by atoms with Gasteiger partial charge in [-0.05, 0) is 98.9 Å². The van der Waals surface area contributed by atoms with E-state index in [4.69, 9.17) is 19.3 Å². The minimum atomic E-state index is -1.02. The minimum absolute atomic E-state index is 0.0640. The fraction of sp³-hybridized carbons (Fsp3) is 0.812. The normalized spacial score (nSPS) is 41.4. The summed E-state index contributed by atoms with van der Waals surface area (Å²) < 4.78 is 17.2. The molecular formula is C32H46O9. The van der Waals surface area contributed by atoms with Crippen molar-refractivity contribution in [2.24, 2.45) is 34.5 Å². The zero-order valence-electron chi connectivity index (χ0n) is 24.7. The summed E-state index contributed by atoms with van der Waals surface area (Å²) in [6.45, 7) is 6.05. The highest BCUT2D eigenvalue weighted by molar-refractivity contribution is 5.85. The molecule has 2 N–H and O–H groups in total. The second-order valence-corrected chi connectivity index (χ2v) is 13.8. The van der Waals surface area contributed by atoms with Crippen LogP contribution in [0, 0.1) is 34.5 Å². The van der Waals surface area contributed by atoms with E-state index in [0.29, 0.717) is 44.4 Å². The molecule has 5 rings (SSSR count). The zero-order valence-corrected chi connectivity index (χ0v) is 24.7. The summed E-state index contributed by atoms with van der Waals surface area (Å²) in [5.74, 6) is -1.23. The van der Waals surface area contributed by atoms with Crippen molar-refractivity contribution in [3.63, 3.8) is 0 Å². The third-order valence-corrected chi connectivity index (χ3v) is 11.9. The lowest BCUT2D eigenvalue weighted by molar-refractivity contribution is -0.251. The van der Waals surface area contributed by atoms with Gasteiger partial charge in [0.05, 0.1) is 5.60 Å². The highest BCUT2D eigenvalue weighted by atomic mass is 16.6. The number of esters is 3. The van der Waals surface area contributed by atoms with Crippen LogP contribution in [0.4, 0.5) is 0 Å². The Hall–Kier alpha value is -2.42. The first-order valence-electron chi connectivity index (χ1n) is 15.6. The number of carboxylic acid groups (broad SMARTS) is 1. The van der Waals surface area contributed by atoms with E-state index in [2.05, 4.69) is 13.8 Å². The third kappa shape index (κ3) is 5.32. The van der Waals surface area contributed by atoms with Gasteiger partial charge >= 0.3 is 23.9 Å². The SMILES string of the molecule is CC(=O)O[C@@H]1C[C@H]2[C@@H](CC[C@@H]3C[C@@H](OC(=O)CCCCCC(=O)O)CC[C@@]32C)[C@@]2(O)CC[C@H](C3=CC(=O)OC3)[C@@]12C. The first-order chi connectivity index (χ1) is 19.4. The molecule has 4 saturated carbocycles. The van der Waals surface area contributed by atoms with Crippen molar-refractivity contribution in [3.05, 3.63) is 11.6 Å². The molecule has 0 radical (unpaired) electrons. The highest BCUT2D eigenvalue weighted by Gasteiger charge is 2.72. The monoisotopic (exact) mass is 574 g/mol. The van der Waals surface area contributed by atoms with Crippen molar-refractivity contribution in [3.8, 4) is 0 Å². The molecule has 0 amide bonds. The van der Waals surface area contributed by atoms with Gasteiger partial charge in [0.15, 0.2) is 0 Å². The Bertz CT molecular complexity index is 1100. The van der Waals surface area contributed by atoms with E-state index in [9.17, 15) is 24.3 Å². The lowest BCUT2D eigenvalue weighted by Gasteiger charge is -2.65. The summed E-state index contributed by atoms with van der Waals surface area (Å²) in [5, 5.41) is 21.4. The van der Waals surface area contributed by atoms with Crippen LogP contribution in [0.3, 0.4) is 0 Å². The number of ether oxygens (including phenoxy) is 3. The van der Waals surface area contributed by atoms with E-state index in [1.165, 1.54) is 6.92 Å². The van der Waals surface area contributed by atoms with E-state index >= 15 is 0 Å². The van der Waals surface area contributed by atoms with Gasteiger partial charge in [0.2, 0.25) is 0 Å². The lowest BCUT2D eigenvalue weighted by atomic mass is 9.42. The molecule has 4 fully saturated rings. The number of hydrogen-bond donors (Lipinski definition) is 2. The van der Waals surface area contributed by atoms with Gasteiger partial charge in [-0.25, -0.2) is 4.79 Å². The van der Waals surface area contributed by atoms with Crippen molar-refractivity contribution in [2.75, 3.05) is 6.61 Å². The molecule has 0 spiro atoms. The Balaban J connectivity index is 1.29. The molecule has 0 saturated heterocycles. The van der Waals surface area contributed by atoms with E-state index < -0.39 is 23.1 Å². The lowest BCUT2D eigenvalue weighted by Crippen LogP contribution is -2.67. The van der Waals surface area contributed by atoms with Gasteiger partial charge in [-0.1, -0.05) is 20.3 Å². The van der Waals surface area contributed by atoms with Gasteiger partial charge in [0.1, 0.15) is 18.8 Å².